The zero-order chi connectivity index (χ0) is 23.5. The van der Waals surface area contributed by atoms with E-state index in [0.29, 0.717) is 0 Å². The van der Waals surface area contributed by atoms with Gasteiger partial charge in [-0.05, 0) is 11.1 Å². The summed E-state index contributed by atoms with van der Waals surface area (Å²) in [5.74, 6) is 0. The number of halogens is 2. The monoisotopic (exact) mass is 680 g/mol. The minimum atomic E-state index is -0.0733. The van der Waals surface area contributed by atoms with Gasteiger partial charge in [-0.3, -0.25) is 12.2 Å². The fourth-order valence-electron chi connectivity index (χ4n) is 3.56. The van der Waals surface area contributed by atoms with Crippen molar-refractivity contribution < 1.29 is 47.8 Å². The summed E-state index contributed by atoms with van der Waals surface area (Å²) in [6.07, 6.45) is 12.9. The molecular formula is C31H30Cl2HfSi-2. The Morgan fingerprint density at radius 3 is 1.20 bits per heavy atom. The molecule has 0 saturated carbocycles. The van der Waals surface area contributed by atoms with Gasteiger partial charge in [-0.15, -0.1) is 24.0 Å². The number of rotatable bonds is 3. The van der Waals surface area contributed by atoms with Gasteiger partial charge in [0.15, 0.2) is 0 Å². The van der Waals surface area contributed by atoms with Crippen LogP contribution < -0.4 is 30.0 Å². The Balaban J connectivity index is 0.000000258. The minimum Gasteiger partial charge on any atom is -1.00 e. The Bertz CT molecular complexity index is 1110. The second-order valence-electron chi connectivity index (χ2n) is 8.14. The van der Waals surface area contributed by atoms with Crippen LogP contribution in [0.1, 0.15) is 37.8 Å². The molecule has 0 saturated heterocycles. The first-order valence-corrected chi connectivity index (χ1v) is 18.7. The van der Waals surface area contributed by atoms with E-state index in [1.165, 1.54) is 56.4 Å². The van der Waals surface area contributed by atoms with Crippen LogP contribution in [-0.2, 0) is 23.0 Å². The van der Waals surface area contributed by atoms with Crippen molar-refractivity contribution in [3.63, 3.8) is 0 Å². The summed E-state index contributed by atoms with van der Waals surface area (Å²) >= 11 is 1.36. The molecule has 0 bridgehead atoms. The van der Waals surface area contributed by atoms with E-state index in [0.717, 1.165) is 12.8 Å². The molecule has 0 N–H and O–H groups in total. The summed E-state index contributed by atoms with van der Waals surface area (Å²) < 4.78 is 0. The van der Waals surface area contributed by atoms with Gasteiger partial charge in [-0.25, -0.2) is 23.3 Å². The van der Waals surface area contributed by atoms with Crippen molar-refractivity contribution in [1.82, 2.24) is 0 Å². The van der Waals surface area contributed by atoms with E-state index in [2.05, 4.69) is 124 Å². The minimum absolute atomic E-state index is 0. The molecule has 0 radical (unpaired) electrons. The fraction of sp³-hybridized carbons (Fsp3) is 0.161. The molecule has 4 heteroatoms. The van der Waals surface area contributed by atoms with Gasteiger partial charge < -0.3 is 24.8 Å². The normalized spacial score (nSPS) is 13.2. The third-order valence-corrected chi connectivity index (χ3v) is 9.70. The first-order valence-electron chi connectivity index (χ1n) is 11.3. The van der Waals surface area contributed by atoms with Crippen molar-refractivity contribution in [2.75, 3.05) is 0 Å². The predicted octanol–water partition coefficient (Wildman–Crippen LogP) is 1.52. The SMILES string of the molecule is CC1=[C-]CC(c2ccccc2)=C1.CC1=[C-]CC(c2ccccc2)=C1.C[Si](=[Hf+2])c1ccccc1.[Cl-].[Cl-]. The van der Waals surface area contributed by atoms with Crippen molar-refractivity contribution in [3.8, 4) is 0 Å². The van der Waals surface area contributed by atoms with Crippen LogP contribution in [0, 0.1) is 12.2 Å². The second-order valence-corrected chi connectivity index (χ2v) is 18.0. The summed E-state index contributed by atoms with van der Waals surface area (Å²) in [7, 11) is 0. The Morgan fingerprint density at radius 2 is 0.943 bits per heavy atom. The van der Waals surface area contributed by atoms with Crippen LogP contribution in [0.2, 0.25) is 6.55 Å². The molecule has 0 nitrogen and oxygen atoms in total. The molecule has 0 aromatic heterocycles. The van der Waals surface area contributed by atoms with Crippen molar-refractivity contribution in [2.24, 2.45) is 0 Å². The van der Waals surface area contributed by atoms with Gasteiger partial charge in [0.2, 0.25) is 0 Å². The second kappa shape index (κ2) is 16.9. The maximum absolute atomic E-state index is 3.29. The van der Waals surface area contributed by atoms with E-state index in [9.17, 15) is 0 Å². The largest absolute Gasteiger partial charge is 1.00 e. The number of hydrogen-bond donors (Lipinski definition) is 0. The van der Waals surface area contributed by atoms with Crippen LogP contribution in [0.15, 0.2) is 114 Å². The predicted molar refractivity (Wildman–Crippen MR) is 141 cm³/mol. The molecular weight excluding hydrogens is 650 g/mol. The van der Waals surface area contributed by atoms with Crippen LogP contribution in [0.3, 0.4) is 0 Å². The van der Waals surface area contributed by atoms with E-state index in [-0.39, 0.29) is 30.3 Å². The average molecular weight is 680 g/mol. The summed E-state index contributed by atoms with van der Waals surface area (Å²) in [4.78, 5) is 0. The number of benzene rings is 3. The van der Waals surface area contributed by atoms with Gasteiger partial charge in [0, 0.05) is 0 Å². The van der Waals surface area contributed by atoms with E-state index < -0.39 is 0 Å². The molecule has 2 aliphatic carbocycles. The standard InChI is InChI=1S/2C12H11.C7H8Si.2ClH.Hf/c2*1-10-7-8-12(9-10)11-5-3-2-4-6-11;1-8-7-5-3-2-4-6-7;;;/h2*2-6,9H,8H2,1H3;2-6H,1H3;2*1H;/q2*-1;;;;+2/p-2. The van der Waals surface area contributed by atoms with Gasteiger partial charge >= 0.3 is 70.6 Å². The van der Waals surface area contributed by atoms with Crippen molar-refractivity contribution >= 4 is 21.8 Å². The zero-order valence-electron chi connectivity index (χ0n) is 20.5. The molecule has 3 aromatic carbocycles. The zero-order valence-corrected chi connectivity index (χ0v) is 26.6. The summed E-state index contributed by atoms with van der Waals surface area (Å²) in [6, 6.07) is 31.8. The first-order chi connectivity index (χ1) is 16.0. The van der Waals surface area contributed by atoms with E-state index in [1.807, 2.05) is 12.1 Å². The van der Waals surface area contributed by atoms with Crippen LogP contribution in [0.5, 0.6) is 0 Å². The average Bonchev–Trinajstić information content (AvgIpc) is 3.50. The molecule has 2 aliphatic rings. The number of hydrogen-bond acceptors (Lipinski definition) is 0. The molecule has 0 aliphatic heterocycles. The van der Waals surface area contributed by atoms with E-state index in [1.54, 1.807) is 5.19 Å². The van der Waals surface area contributed by atoms with E-state index >= 15 is 0 Å². The summed E-state index contributed by atoms with van der Waals surface area (Å²) in [5.41, 5.74) is 7.85. The molecule has 0 spiro atoms. The third kappa shape index (κ3) is 10.8. The fourth-order valence-corrected chi connectivity index (χ4v) is 6.05. The van der Waals surface area contributed by atoms with Crippen LogP contribution in [0.25, 0.3) is 11.1 Å². The maximum atomic E-state index is 3.29. The molecule has 3 aromatic rings. The van der Waals surface area contributed by atoms with Crippen LogP contribution >= 0.6 is 0 Å². The third-order valence-electron chi connectivity index (χ3n) is 5.39. The topological polar surface area (TPSA) is 0 Å². The molecule has 0 heterocycles. The Kier molecular flexibility index (Phi) is 15.1. The van der Waals surface area contributed by atoms with Crippen molar-refractivity contribution in [3.05, 3.63) is 138 Å². The number of allylic oxidation sites excluding steroid dienone is 8. The summed E-state index contributed by atoms with van der Waals surface area (Å²) in [5, 5.41) is 1.58. The quantitative estimate of drug-likeness (QED) is 0.291. The molecule has 178 valence electrons. The van der Waals surface area contributed by atoms with Gasteiger partial charge in [0.25, 0.3) is 0 Å². The smallest absolute Gasteiger partial charge is 1.00 e. The Morgan fingerprint density at radius 1 is 0.600 bits per heavy atom. The summed E-state index contributed by atoms with van der Waals surface area (Å²) in [6.45, 7) is 6.55. The first kappa shape index (κ1) is 31.3. The van der Waals surface area contributed by atoms with Gasteiger partial charge in [0.05, 0.1) is 0 Å². The van der Waals surface area contributed by atoms with Crippen LogP contribution in [0.4, 0.5) is 0 Å². The van der Waals surface area contributed by atoms with Crippen molar-refractivity contribution in [1.29, 1.82) is 0 Å². The molecule has 0 unspecified atom stereocenters. The van der Waals surface area contributed by atoms with Crippen molar-refractivity contribution in [2.45, 2.75) is 33.2 Å². The van der Waals surface area contributed by atoms with Crippen LogP contribution in [-0.4, -0.2) is 5.49 Å². The molecule has 0 fully saturated rings. The van der Waals surface area contributed by atoms with E-state index in [4.69, 9.17) is 0 Å². The van der Waals surface area contributed by atoms with Gasteiger partial charge in [-0.2, -0.15) is 0 Å². The maximum Gasteiger partial charge on any atom is -1.00 e. The molecule has 35 heavy (non-hydrogen) atoms. The molecule has 0 atom stereocenters. The van der Waals surface area contributed by atoms with Gasteiger partial charge in [0.1, 0.15) is 0 Å². The molecule has 0 amide bonds. The van der Waals surface area contributed by atoms with Gasteiger partial charge in [-0.1, -0.05) is 74.5 Å². The Labute approximate surface area is 238 Å². The molecule has 5 rings (SSSR count). The Hall–Kier alpha value is -1.71.